The van der Waals surface area contributed by atoms with E-state index in [1.165, 1.54) is 5.56 Å². The van der Waals surface area contributed by atoms with Crippen LogP contribution in [0.2, 0.25) is 0 Å². The summed E-state index contributed by atoms with van der Waals surface area (Å²) in [4.78, 5) is 14.8. The van der Waals surface area contributed by atoms with Gasteiger partial charge < -0.3 is 9.64 Å². The number of methoxy groups -OCH3 is 1. The van der Waals surface area contributed by atoms with Gasteiger partial charge in [-0.05, 0) is 50.0 Å². The molecular formula is C19H27NO2. The number of amides is 1. The van der Waals surface area contributed by atoms with Crippen LogP contribution in [0.1, 0.15) is 50.0 Å². The van der Waals surface area contributed by atoms with E-state index >= 15 is 0 Å². The first-order valence-corrected chi connectivity index (χ1v) is 8.64. The number of nitrogens with zero attached hydrogens (tertiary/aromatic N) is 1. The van der Waals surface area contributed by atoms with Gasteiger partial charge in [0.05, 0.1) is 6.10 Å². The van der Waals surface area contributed by atoms with Gasteiger partial charge in [0.25, 0.3) is 0 Å². The van der Waals surface area contributed by atoms with Gasteiger partial charge >= 0.3 is 0 Å². The molecule has 0 aromatic heterocycles. The molecule has 2 fully saturated rings. The molecule has 1 heterocycles. The molecule has 3 rings (SSSR count). The van der Waals surface area contributed by atoms with E-state index in [0.717, 1.165) is 51.6 Å². The predicted octanol–water partition coefficient (Wildman–Crippen LogP) is 3.60. The fourth-order valence-corrected chi connectivity index (χ4v) is 3.96. The third kappa shape index (κ3) is 3.52. The first-order valence-electron chi connectivity index (χ1n) is 8.64. The minimum atomic E-state index is 0.236. The van der Waals surface area contributed by atoms with Crippen molar-refractivity contribution in [2.75, 3.05) is 20.2 Å². The number of hydrogen-bond donors (Lipinski definition) is 0. The molecular weight excluding hydrogens is 274 g/mol. The van der Waals surface area contributed by atoms with Gasteiger partial charge in [0.2, 0.25) is 5.91 Å². The molecule has 0 spiro atoms. The van der Waals surface area contributed by atoms with Gasteiger partial charge in [0.1, 0.15) is 0 Å². The van der Waals surface area contributed by atoms with Gasteiger partial charge in [-0.15, -0.1) is 0 Å². The highest BCUT2D eigenvalue weighted by atomic mass is 16.5. The molecule has 0 radical (unpaired) electrons. The molecule has 1 saturated carbocycles. The predicted molar refractivity (Wildman–Crippen MR) is 87.8 cm³/mol. The van der Waals surface area contributed by atoms with Crippen LogP contribution < -0.4 is 0 Å². The fourth-order valence-electron chi connectivity index (χ4n) is 3.96. The highest BCUT2D eigenvalue weighted by molar-refractivity contribution is 5.79. The summed E-state index contributed by atoms with van der Waals surface area (Å²) in [5.74, 6) is 1.25. The summed E-state index contributed by atoms with van der Waals surface area (Å²) in [6.07, 6.45) is 6.63. The molecule has 3 nitrogen and oxygen atoms in total. The Morgan fingerprint density at radius 3 is 2.23 bits per heavy atom. The molecule has 1 saturated heterocycles. The second kappa shape index (κ2) is 7.28. The Balaban J connectivity index is 1.50. The number of benzene rings is 1. The van der Waals surface area contributed by atoms with Crippen molar-refractivity contribution in [1.29, 1.82) is 0 Å². The summed E-state index contributed by atoms with van der Waals surface area (Å²) in [5, 5.41) is 0. The summed E-state index contributed by atoms with van der Waals surface area (Å²) in [7, 11) is 1.78. The third-order valence-corrected chi connectivity index (χ3v) is 5.43. The fraction of sp³-hybridized carbons (Fsp3) is 0.632. The van der Waals surface area contributed by atoms with Gasteiger partial charge in [-0.25, -0.2) is 0 Å². The maximum Gasteiger partial charge on any atom is 0.225 e. The quantitative estimate of drug-likeness (QED) is 0.853. The summed E-state index contributed by atoms with van der Waals surface area (Å²) in [6.45, 7) is 1.84. The maximum absolute atomic E-state index is 12.7. The number of rotatable bonds is 3. The lowest BCUT2D eigenvalue weighted by molar-refractivity contribution is -0.138. The zero-order valence-corrected chi connectivity index (χ0v) is 13.5. The van der Waals surface area contributed by atoms with Crippen LogP contribution in [0.25, 0.3) is 0 Å². The van der Waals surface area contributed by atoms with E-state index in [2.05, 4.69) is 35.2 Å². The smallest absolute Gasteiger partial charge is 0.225 e. The van der Waals surface area contributed by atoms with Gasteiger partial charge in [-0.1, -0.05) is 30.3 Å². The summed E-state index contributed by atoms with van der Waals surface area (Å²) in [5.41, 5.74) is 1.43. The molecule has 120 valence electrons. The van der Waals surface area contributed by atoms with Crippen LogP contribution >= 0.6 is 0 Å². The Labute approximate surface area is 133 Å². The monoisotopic (exact) mass is 301 g/mol. The van der Waals surface area contributed by atoms with Crippen LogP contribution in [0.3, 0.4) is 0 Å². The highest BCUT2D eigenvalue weighted by Gasteiger charge is 2.31. The van der Waals surface area contributed by atoms with E-state index < -0.39 is 0 Å². The van der Waals surface area contributed by atoms with Gasteiger partial charge in [0.15, 0.2) is 0 Å². The molecule has 3 heteroatoms. The highest BCUT2D eigenvalue weighted by Crippen LogP contribution is 2.31. The first kappa shape index (κ1) is 15.5. The van der Waals surface area contributed by atoms with E-state index in [0.29, 0.717) is 17.9 Å². The Kier molecular flexibility index (Phi) is 5.14. The minimum absolute atomic E-state index is 0.236. The third-order valence-electron chi connectivity index (χ3n) is 5.43. The van der Waals surface area contributed by atoms with Crippen LogP contribution in [-0.4, -0.2) is 37.1 Å². The van der Waals surface area contributed by atoms with E-state index in [1.807, 2.05) is 0 Å². The van der Waals surface area contributed by atoms with Crippen LogP contribution in [0.4, 0.5) is 0 Å². The number of carbonyl (C=O) groups is 1. The molecule has 1 aliphatic heterocycles. The molecule has 1 aromatic rings. The van der Waals surface area contributed by atoms with E-state index in [4.69, 9.17) is 4.74 Å². The lowest BCUT2D eigenvalue weighted by Crippen LogP contribution is -2.42. The molecule has 1 aliphatic carbocycles. The van der Waals surface area contributed by atoms with Crippen molar-refractivity contribution >= 4 is 5.91 Å². The van der Waals surface area contributed by atoms with Gasteiger partial charge in [-0.2, -0.15) is 0 Å². The lowest BCUT2D eigenvalue weighted by Gasteiger charge is -2.36. The van der Waals surface area contributed by atoms with Crippen molar-refractivity contribution in [2.45, 2.75) is 50.5 Å². The lowest BCUT2D eigenvalue weighted by atomic mass is 9.85. The molecule has 1 aromatic carbocycles. The van der Waals surface area contributed by atoms with Crippen LogP contribution in [0, 0.1) is 5.92 Å². The van der Waals surface area contributed by atoms with E-state index in [1.54, 1.807) is 7.11 Å². The normalized spacial score (nSPS) is 26.9. The SMILES string of the molecule is COC1CCC(C(=O)N2CCC(c3ccccc3)CC2)CC1. The second-order valence-corrected chi connectivity index (χ2v) is 6.72. The standard InChI is InChI=1S/C19H27NO2/c1-22-18-9-7-17(8-10-18)19(21)20-13-11-16(12-14-20)15-5-3-2-4-6-15/h2-6,16-18H,7-14H2,1H3. The van der Waals surface area contributed by atoms with Gasteiger partial charge in [0, 0.05) is 26.1 Å². The van der Waals surface area contributed by atoms with Crippen molar-refractivity contribution in [1.82, 2.24) is 4.90 Å². The minimum Gasteiger partial charge on any atom is -0.381 e. The Hall–Kier alpha value is -1.35. The number of hydrogen-bond acceptors (Lipinski definition) is 2. The van der Waals surface area contributed by atoms with E-state index in [9.17, 15) is 4.79 Å². The van der Waals surface area contributed by atoms with Crippen molar-refractivity contribution < 1.29 is 9.53 Å². The number of carbonyl (C=O) groups excluding carboxylic acids is 1. The molecule has 0 atom stereocenters. The Bertz CT molecular complexity index is 471. The number of piperidine rings is 1. The zero-order chi connectivity index (χ0) is 15.4. The average Bonchev–Trinajstić information content (AvgIpc) is 2.62. The Morgan fingerprint density at radius 1 is 1.00 bits per heavy atom. The molecule has 22 heavy (non-hydrogen) atoms. The van der Waals surface area contributed by atoms with Crippen LogP contribution in [0.5, 0.6) is 0 Å². The maximum atomic E-state index is 12.7. The molecule has 0 unspecified atom stereocenters. The largest absolute Gasteiger partial charge is 0.381 e. The summed E-state index contributed by atoms with van der Waals surface area (Å²) >= 11 is 0. The molecule has 0 bridgehead atoms. The summed E-state index contributed by atoms with van der Waals surface area (Å²) < 4.78 is 5.40. The second-order valence-electron chi connectivity index (χ2n) is 6.72. The average molecular weight is 301 g/mol. The van der Waals surface area contributed by atoms with Crippen molar-refractivity contribution in [3.63, 3.8) is 0 Å². The topological polar surface area (TPSA) is 29.5 Å². The Morgan fingerprint density at radius 2 is 1.64 bits per heavy atom. The molecule has 2 aliphatic rings. The van der Waals surface area contributed by atoms with E-state index in [-0.39, 0.29) is 5.92 Å². The van der Waals surface area contributed by atoms with Crippen LogP contribution in [-0.2, 0) is 9.53 Å². The number of likely N-dealkylation sites (tertiary alicyclic amines) is 1. The van der Waals surface area contributed by atoms with Crippen molar-refractivity contribution in [3.8, 4) is 0 Å². The van der Waals surface area contributed by atoms with Crippen molar-refractivity contribution in [2.24, 2.45) is 5.92 Å². The zero-order valence-electron chi connectivity index (χ0n) is 13.5. The molecule has 1 amide bonds. The van der Waals surface area contributed by atoms with Crippen molar-refractivity contribution in [3.05, 3.63) is 35.9 Å². The molecule has 0 N–H and O–H groups in total. The van der Waals surface area contributed by atoms with Gasteiger partial charge in [-0.3, -0.25) is 4.79 Å². The summed E-state index contributed by atoms with van der Waals surface area (Å²) in [6, 6.07) is 10.7. The first-order chi connectivity index (χ1) is 10.8. The van der Waals surface area contributed by atoms with Crippen LogP contribution in [0.15, 0.2) is 30.3 Å². The number of ether oxygens (including phenoxy) is 1.